The first-order valence-electron chi connectivity index (χ1n) is 2.14. The van der Waals surface area contributed by atoms with Gasteiger partial charge in [-0.25, -0.2) is 4.79 Å². The van der Waals surface area contributed by atoms with Crippen LogP contribution in [0.1, 0.15) is 0 Å². The first-order chi connectivity index (χ1) is 4.54. The van der Waals surface area contributed by atoms with Gasteiger partial charge in [0.25, 0.3) is 0 Å². The SMILES string of the molecule is COC(=O)CO.O=[PH](O)O. The summed E-state index contributed by atoms with van der Waals surface area (Å²) in [5.41, 5.74) is 0. The molecule has 0 fully saturated rings. The second kappa shape index (κ2) is 8.58. The fourth-order valence-corrected chi connectivity index (χ4v) is 0.0645. The first kappa shape index (κ1) is 12.3. The van der Waals surface area contributed by atoms with E-state index in [1.165, 1.54) is 7.11 Å². The lowest BCUT2D eigenvalue weighted by molar-refractivity contribution is -0.143. The van der Waals surface area contributed by atoms with Gasteiger partial charge in [-0.2, -0.15) is 0 Å². The van der Waals surface area contributed by atoms with Gasteiger partial charge in [0, 0.05) is 0 Å². The molecule has 0 atom stereocenters. The summed E-state index contributed by atoms with van der Waals surface area (Å²) in [7, 11) is -1.91. The molecule has 0 rings (SSSR count). The predicted molar refractivity (Wildman–Crippen MR) is 32.5 cm³/mol. The van der Waals surface area contributed by atoms with Crippen molar-refractivity contribution in [2.75, 3.05) is 13.7 Å². The minimum Gasteiger partial charge on any atom is -0.467 e. The van der Waals surface area contributed by atoms with E-state index in [9.17, 15) is 4.79 Å². The van der Waals surface area contributed by atoms with Crippen molar-refractivity contribution < 1.29 is 29.0 Å². The zero-order valence-electron chi connectivity index (χ0n) is 5.27. The number of hydrogen-bond acceptors (Lipinski definition) is 4. The summed E-state index contributed by atoms with van der Waals surface area (Å²) < 4.78 is 12.8. The number of esters is 1. The number of carbonyl (C=O) groups is 1. The number of rotatable bonds is 1. The number of aliphatic hydroxyl groups is 1. The van der Waals surface area contributed by atoms with Crippen molar-refractivity contribution in [2.24, 2.45) is 0 Å². The van der Waals surface area contributed by atoms with Crippen LogP contribution in [0.4, 0.5) is 0 Å². The molecule has 0 aliphatic carbocycles. The minimum atomic E-state index is -3.13. The van der Waals surface area contributed by atoms with Crippen molar-refractivity contribution in [3.63, 3.8) is 0 Å². The molecule has 0 aliphatic rings. The van der Waals surface area contributed by atoms with Gasteiger partial charge in [0.2, 0.25) is 0 Å². The van der Waals surface area contributed by atoms with E-state index < -0.39 is 20.8 Å². The van der Waals surface area contributed by atoms with Crippen LogP contribution in [0.5, 0.6) is 0 Å². The topological polar surface area (TPSA) is 104 Å². The Morgan fingerprint density at radius 3 is 1.90 bits per heavy atom. The molecule has 0 aliphatic heterocycles. The zero-order chi connectivity index (χ0) is 8.57. The molecule has 0 amide bonds. The highest BCUT2D eigenvalue weighted by atomic mass is 31.1. The molecule has 0 bridgehead atoms. The van der Waals surface area contributed by atoms with Crippen molar-refractivity contribution in [2.45, 2.75) is 0 Å². The molecule has 3 N–H and O–H groups in total. The predicted octanol–water partition coefficient (Wildman–Crippen LogP) is -1.49. The number of carbonyl (C=O) groups excluding carboxylic acids is 1. The second-order valence-electron chi connectivity index (χ2n) is 1.02. The number of methoxy groups -OCH3 is 1. The van der Waals surface area contributed by atoms with Gasteiger partial charge in [-0.15, -0.1) is 0 Å². The van der Waals surface area contributed by atoms with Gasteiger partial charge in [0.1, 0.15) is 6.61 Å². The monoisotopic (exact) mass is 172 g/mol. The second-order valence-corrected chi connectivity index (χ2v) is 1.58. The average Bonchev–Trinajstić information content (AvgIpc) is 1.85. The lowest BCUT2D eigenvalue weighted by Gasteiger charge is -1.86. The van der Waals surface area contributed by atoms with E-state index in [4.69, 9.17) is 19.5 Å². The van der Waals surface area contributed by atoms with Crippen LogP contribution in [-0.4, -0.2) is 34.6 Å². The van der Waals surface area contributed by atoms with Crippen LogP contribution in [0, 0.1) is 0 Å². The van der Waals surface area contributed by atoms with Crippen LogP contribution in [0.3, 0.4) is 0 Å². The number of ether oxygens (including phenoxy) is 1. The van der Waals surface area contributed by atoms with Crippen LogP contribution in [0.25, 0.3) is 0 Å². The van der Waals surface area contributed by atoms with Crippen LogP contribution in [0.15, 0.2) is 0 Å². The van der Waals surface area contributed by atoms with E-state index in [-0.39, 0.29) is 0 Å². The Kier molecular flexibility index (Phi) is 10.5. The van der Waals surface area contributed by atoms with E-state index in [2.05, 4.69) is 4.74 Å². The van der Waals surface area contributed by atoms with Crippen LogP contribution >= 0.6 is 8.25 Å². The van der Waals surface area contributed by atoms with Crippen LogP contribution in [0.2, 0.25) is 0 Å². The van der Waals surface area contributed by atoms with Crippen molar-refractivity contribution in [1.29, 1.82) is 0 Å². The van der Waals surface area contributed by atoms with Crippen LogP contribution < -0.4 is 0 Å². The van der Waals surface area contributed by atoms with Crippen LogP contribution in [-0.2, 0) is 14.1 Å². The molecule has 6 nitrogen and oxygen atoms in total. The van der Waals surface area contributed by atoms with Crippen molar-refractivity contribution in [3.05, 3.63) is 0 Å². The molecule has 0 saturated carbocycles. The van der Waals surface area contributed by atoms with E-state index in [0.29, 0.717) is 0 Å². The quantitative estimate of drug-likeness (QED) is 0.329. The van der Waals surface area contributed by atoms with Gasteiger partial charge in [-0.3, -0.25) is 4.57 Å². The summed E-state index contributed by atoms with van der Waals surface area (Å²) >= 11 is 0. The molecule has 0 aromatic heterocycles. The maximum atomic E-state index is 9.71. The highest BCUT2D eigenvalue weighted by Crippen LogP contribution is 1.98. The lowest BCUT2D eigenvalue weighted by Crippen LogP contribution is -2.04. The molecule has 0 spiro atoms. The molecule has 7 heteroatoms. The summed E-state index contributed by atoms with van der Waals surface area (Å²) in [5, 5.41) is 7.86. The first-order valence-corrected chi connectivity index (χ1v) is 3.44. The molecule has 0 unspecified atom stereocenters. The molecule has 0 heterocycles. The van der Waals surface area contributed by atoms with Gasteiger partial charge < -0.3 is 19.6 Å². The van der Waals surface area contributed by atoms with Crippen molar-refractivity contribution in [3.8, 4) is 0 Å². The summed E-state index contributed by atoms with van der Waals surface area (Å²) in [6.07, 6.45) is 0. The summed E-state index contributed by atoms with van der Waals surface area (Å²) in [4.78, 5) is 24.0. The summed E-state index contributed by atoms with van der Waals surface area (Å²) in [6, 6.07) is 0. The van der Waals surface area contributed by atoms with Gasteiger partial charge >= 0.3 is 14.2 Å². The third-order valence-corrected chi connectivity index (χ3v) is 0.357. The Balaban J connectivity index is 0. The third kappa shape index (κ3) is 25.6. The maximum Gasteiger partial charge on any atom is 0.331 e. The van der Waals surface area contributed by atoms with Crippen molar-refractivity contribution >= 4 is 14.2 Å². The van der Waals surface area contributed by atoms with E-state index in [1.807, 2.05) is 0 Å². The van der Waals surface area contributed by atoms with E-state index in [1.54, 1.807) is 0 Å². The number of hydrogen-bond donors (Lipinski definition) is 3. The fourth-order valence-electron chi connectivity index (χ4n) is 0.0645. The minimum absolute atomic E-state index is 0.531. The van der Waals surface area contributed by atoms with Gasteiger partial charge in [-0.05, 0) is 0 Å². The van der Waals surface area contributed by atoms with E-state index in [0.717, 1.165) is 0 Å². The van der Waals surface area contributed by atoms with Crippen molar-refractivity contribution in [1.82, 2.24) is 0 Å². The molecule has 62 valence electrons. The molecule has 0 saturated heterocycles. The Labute approximate surface area is 58.0 Å². The van der Waals surface area contributed by atoms with E-state index >= 15 is 0 Å². The Hall–Kier alpha value is -0.420. The zero-order valence-corrected chi connectivity index (χ0v) is 6.27. The normalized spacial score (nSPS) is 8.10. The maximum absolute atomic E-state index is 9.71. The standard InChI is InChI=1S/C3H6O3.H3O3P/c1-6-3(5)2-4;1-4(2)3/h4H,2H2,1H3;4H,(H2,1,2,3). The number of aliphatic hydroxyl groups excluding tert-OH is 1. The fraction of sp³-hybridized carbons (Fsp3) is 0.667. The highest BCUT2D eigenvalue weighted by Gasteiger charge is 1.89. The molecule has 0 aromatic carbocycles. The molecule has 0 aromatic rings. The largest absolute Gasteiger partial charge is 0.467 e. The molecular weight excluding hydrogens is 163 g/mol. The lowest BCUT2D eigenvalue weighted by atomic mass is 10.8. The molecule has 10 heavy (non-hydrogen) atoms. The Bertz CT molecular complexity index is 102. The average molecular weight is 172 g/mol. The Morgan fingerprint density at radius 2 is 1.90 bits per heavy atom. The smallest absolute Gasteiger partial charge is 0.331 e. The summed E-state index contributed by atoms with van der Waals surface area (Å²) in [6.45, 7) is -0.531. The highest BCUT2D eigenvalue weighted by molar-refractivity contribution is 7.30. The molecule has 0 radical (unpaired) electrons. The van der Waals surface area contributed by atoms with Gasteiger partial charge in [0.15, 0.2) is 0 Å². The van der Waals surface area contributed by atoms with Gasteiger partial charge in [0.05, 0.1) is 7.11 Å². The summed E-state index contributed by atoms with van der Waals surface area (Å²) in [5.74, 6) is -0.602. The van der Waals surface area contributed by atoms with Gasteiger partial charge in [-0.1, -0.05) is 0 Å². The third-order valence-electron chi connectivity index (χ3n) is 0.357. The Morgan fingerprint density at radius 1 is 1.60 bits per heavy atom. The molecular formula is C3H9O6P.